The van der Waals surface area contributed by atoms with Gasteiger partial charge in [0, 0.05) is 38.0 Å². The summed E-state index contributed by atoms with van der Waals surface area (Å²) in [4.78, 5) is 17.2. The molecule has 0 aliphatic carbocycles. The molecule has 0 radical (unpaired) electrons. The highest BCUT2D eigenvalue weighted by Crippen LogP contribution is 2.23. The van der Waals surface area contributed by atoms with Crippen molar-refractivity contribution < 1.29 is 13.9 Å². The number of nitrogens with one attached hydrogen (secondary N) is 1. The third kappa shape index (κ3) is 5.22. The number of carbonyl (C=O) groups excluding carboxylic acids is 1. The normalized spacial score (nSPS) is 20.8. The molecule has 3 heterocycles. The Morgan fingerprint density at radius 1 is 1.24 bits per heavy atom. The van der Waals surface area contributed by atoms with Crippen molar-refractivity contribution in [2.45, 2.75) is 38.3 Å². The van der Waals surface area contributed by atoms with E-state index in [0.29, 0.717) is 24.6 Å². The predicted octanol–water partition coefficient (Wildman–Crippen LogP) is 3.08. The smallest absolute Gasteiger partial charge is 0.257 e. The summed E-state index contributed by atoms with van der Waals surface area (Å²) >= 11 is 0. The van der Waals surface area contributed by atoms with Crippen LogP contribution in [0.5, 0.6) is 0 Å². The van der Waals surface area contributed by atoms with E-state index in [9.17, 15) is 9.18 Å². The molecule has 1 amide bonds. The lowest BCUT2D eigenvalue weighted by atomic mass is 9.95. The van der Waals surface area contributed by atoms with Crippen molar-refractivity contribution in [2.75, 3.05) is 32.8 Å². The first kappa shape index (κ1) is 20.0. The number of rotatable bonds is 7. The summed E-state index contributed by atoms with van der Waals surface area (Å²) < 4.78 is 19.7. The average Bonchev–Trinajstić information content (AvgIpc) is 3.44. The number of halogens is 1. The topological polar surface area (TPSA) is 61.5 Å². The van der Waals surface area contributed by atoms with E-state index in [1.165, 1.54) is 6.07 Å². The van der Waals surface area contributed by atoms with E-state index in [1.807, 2.05) is 17.0 Å². The van der Waals surface area contributed by atoms with Crippen LogP contribution in [-0.4, -0.2) is 64.8 Å². The summed E-state index contributed by atoms with van der Waals surface area (Å²) in [5.41, 5.74) is 1.35. The average molecular weight is 400 g/mol. The summed E-state index contributed by atoms with van der Waals surface area (Å²) in [7, 11) is 0. The lowest BCUT2D eigenvalue weighted by molar-refractivity contribution is 0.0444. The van der Waals surface area contributed by atoms with E-state index < -0.39 is 0 Å². The largest absolute Gasteiger partial charge is 0.376 e. The zero-order valence-electron chi connectivity index (χ0n) is 16.7. The van der Waals surface area contributed by atoms with Crippen LogP contribution in [0.2, 0.25) is 0 Å². The van der Waals surface area contributed by atoms with E-state index in [0.717, 1.165) is 57.5 Å². The van der Waals surface area contributed by atoms with Crippen LogP contribution in [0.1, 0.15) is 41.6 Å². The number of hydrogen-bond donors (Lipinski definition) is 1. The fourth-order valence-electron chi connectivity index (χ4n) is 4.33. The molecule has 29 heavy (non-hydrogen) atoms. The lowest BCUT2D eigenvalue weighted by Gasteiger charge is -2.35. The Bertz CT molecular complexity index is 784. The molecule has 7 heteroatoms. The number of aromatic amines is 1. The van der Waals surface area contributed by atoms with Crippen molar-refractivity contribution in [3.8, 4) is 0 Å². The summed E-state index contributed by atoms with van der Waals surface area (Å²) in [5, 5.41) is 6.65. The van der Waals surface area contributed by atoms with E-state index in [-0.39, 0.29) is 17.8 Å². The van der Waals surface area contributed by atoms with Crippen LogP contribution in [0, 0.1) is 11.7 Å². The molecule has 1 aromatic heterocycles. The van der Waals surface area contributed by atoms with Gasteiger partial charge in [0.2, 0.25) is 0 Å². The lowest BCUT2D eigenvalue weighted by Crippen LogP contribution is -2.43. The van der Waals surface area contributed by atoms with Crippen LogP contribution in [0.4, 0.5) is 4.39 Å². The number of nitrogens with zero attached hydrogens (tertiary/aromatic N) is 3. The van der Waals surface area contributed by atoms with Gasteiger partial charge in [-0.15, -0.1) is 0 Å². The number of amides is 1. The van der Waals surface area contributed by atoms with Crippen LogP contribution in [0.3, 0.4) is 0 Å². The molecule has 4 rings (SSSR count). The molecule has 1 atom stereocenters. The number of aromatic nitrogens is 2. The molecule has 1 unspecified atom stereocenters. The van der Waals surface area contributed by atoms with Gasteiger partial charge in [0.15, 0.2) is 0 Å². The second-order valence-corrected chi connectivity index (χ2v) is 8.14. The van der Waals surface area contributed by atoms with Gasteiger partial charge in [0.1, 0.15) is 5.82 Å². The molecule has 0 saturated carbocycles. The quantitative estimate of drug-likeness (QED) is 0.776. The van der Waals surface area contributed by atoms with Gasteiger partial charge in [0.25, 0.3) is 5.91 Å². The Morgan fingerprint density at radius 3 is 2.76 bits per heavy atom. The Hall–Kier alpha value is -2.25. The van der Waals surface area contributed by atoms with E-state index >= 15 is 0 Å². The van der Waals surface area contributed by atoms with Crippen LogP contribution in [-0.2, 0) is 11.3 Å². The monoisotopic (exact) mass is 400 g/mol. The molecule has 2 fully saturated rings. The number of piperidine rings is 1. The second-order valence-electron chi connectivity index (χ2n) is 8.14. The molecule has 156 valence electrons. The maximum absolute atomic E-state index is 13.9. The van der Waals surface area contributed by atoms with Crippen LogP contribution < -0.4 is 0 Å². The number of H-pyrrole nitrogens is 1. The molecule has 1 N–H and O–H groups in total. The van der Waals surface area contributed by atoms with Crippen molar-refractivity contribution in [3.05, 3.63) is 53.6 Å². The van der Waals surface area contributed by atoms with Crippen molar-refractivity contribution in [3.63, 3.8) is 0 Å². The Balaban J connectivity index is 1.33. The van der Waals surface area contributed by atoms with Crippen LogP contribution in [0.25, 0.3) is 0 Å². The Morgan fingerprint density at radius 2 is 2.07 bits per heavy atom. The minimum Gasteiger partial charge on any atom is -0.376 e. The SMILES string of the molecule is O=C(c1cn[nH]c1)N(CC1CCN(Cc2ccccc2F)CC1)CC1CCCO1. The summed E-state index contributed by atoms with van der Waals surface area (Å²) in [6, 6.07) is 6.99. The molecule has 0 spiro atoms. The third-order valence-electron chi connectivity index (χ3n) is 6.02. The Labute approximate surface area is 171 Å². The van der Waals surface area contributed by atoms with Gasteiger partial charge in [-0.05, 0) is 50.8 Å². The first-order valence-corrected chi connectivity index (χ1v) is 10.5. The maximum Gasteiger partial charge on any atom is 0.257 e. The van der Waals surface area contributed by atoms with E-state index in [1.54, 1.807) is 18.5 Å². The minimum absolute atomic E-state index is 0.0167. The van der Waals surface area contributed by atoms with Gasteiger partial charge in [-0.1, -0.05) is 18.2 Å². The minimum atomic E-state index is -0.136. The highest BCUT2D eigenvalue weighted by Gasteiger charge is 2.28. The molecule has 1 aromatic carbocycles. The van der Waals surface area contributed by atoms with Crippen molar-refractivity contribution in [2.24, 2.45) is 5.92 Å². The zero-order valence-corrected chi connectivity index (χ0v) is 16.7. The predicted molar refractivity (Wildman–Crippen MR) is 108 cm³/mol. The zero-order chi connectivity index (χ0) is 20.1. The van der Waals surface area contributed by atoms with E-state index in [4.69, 9.17) is 4.74 Å². The molecule has 6 nitrogen and oxygen atoms in total. The number of carbonyl (C=O) groups is 1. The standard InChI is InChI=1S/C22H29FN4O2/c23-21-6-2-1-4-18(21)15-26-9-7-17(8-10-26)14-27(16-20-5-3-11-29-20)22(28)19-12-24-25-13-19/h1-2,4,6,12-13,17,20H,3,5,7-11,14-16H2,(H,24,25). The molecule has 2 aromatic rings. The molecule has 2 aliphatic heterocycles. The highest BCUT2D eigenvalue weighted by atomic mass is 19.1. The third-order valence-corrected chi connectivity index (χ3v) is 6.02. The fraction of sp³-hybridized carbons (Fsp3) is 0.545. The summed E-state index contributed by atoms with van der Waals surface area (Å²) in [6.07, 6.45) is 7.46. The summed E-state index contributed by atoms with van der Waals surface area (Å²) in [6.45, 7) is 4.65. The molecule has 2 aliphatic rings. The van der Waals surface area contributed by atoms with Gasteiger partial charge in [-0.3, -0.25) is 14.8 Å². The highest BCUT2D eigenvalue weighted by molar-refractivity contribution is 5.93. The van der Waals surface area contributed by atoms with Crippen LogP contribution >= 0.6 is 0 Å². The number of benzene rings is 1. The van der Waals surface area contributed by atoms with Gasteiger partial charge >= 0.3 is 0 Å². The number of hydrogen-bond acceptors (Lipinski definition) is 4. The maximum atomic E-state index is 13.9. The van der Waals surface area contributed by atoms with E-state index in [2.05, 4.69) is 15.1 Å². The van der Waals surface area contributed by atoms with Crippen molar-refractivity contribution >= 4 is 5.91 Å². The fourth-order valence-corrected chi connectivity index (χ4v) is 4.33. The first-order chi connectivity index (χ1) is 14.2. The van der Waals surface area contributed by atoms with Gasteiger partial charge in [0.05, 0.1) is 17.9 Å². The van der Waals surface area contributed by atoms with Gasteiger partial charge in [-0.25, -0.2) is 4.39 Å². The molecule has 2 saturated heterocycles. The van der Waals surface area contributed by atoms with Crippen molar-refractivity contribution in [1.82, 2.24) is 20.0 Å². The first-order valence-electron chi connectivity index (χ1n) is 10.5. The summed E-state index contributed by atoms with van der Waals surface area (Å²) in [5.74, 6) is 0.329. The van der Waals surface area contributed by atoms with Crippen molar-refractivity contribution in [1.29, 1.82) is 0 Å². The molecule has 0 bridgehead atoms. The number of ether oxygens (including phenoxy) is 1. The molecular formula is C22H29FN4O2. The van der Waals surface area contributed by atoms with Gasteiger partial charge < -0.3 is 9.64 Å². The van der Waals surface area contributed by atoms with Crippen LogP contribution in [0.15, 0.2) is 36.7 Å². The second kappa shape index (κ2) is 9.50. The number of likely N-dealkylation sites (tertiary alicyclic amines) is 1. The Kier molecular flexibility index (Phi) is 6.56. The molecular weight excluding hydrogens is 371 g/mol. The van der Waals surface area contributed by atoms with Gasteiger partial charge in [-0.2, -0.15) is 5.10 Å².